The summed E-state index contributed by atoms with van der Waals surface area (Å²) in [5.41, 5.74) is 3.92. The number of nitrogens with one attached hydrogen (secondary N) is 2. The molecule has 5 N–H and O–H groups in total. The molecule has 0 aromatic carbocycles. The zero-order chi connectivity index (χ0) is 29.6. The molecular formula is C30H43N3O8. The van der Waals surface area contributed by atoms with Crippen LogP contribution in [0.4, 0.5) is 0 Å². The molecule has 2 amide bonds. The average molecular weight is 574 g/mol. The van der Waals surface area contributed by atoms with Gasteiger partial charge >= 0.3 is 0 Å². The molecule has 4 aliphatic carbocycles. The molecule has 1 aliphatic heterocycles. The maximum Gasteiger partial charge on any atom is 0.241 e. The molecule has 1 heterocycles. The number of rotatable bonds is 10. The Morgan fingerprint density at radius 2 is 2.00 bits per heavy atom. The summed E-state index contributed by atoms with van der Waals surface area (Å²) < 4.78 is 18.6. The molecule has 0 spiro atoms. The van der Waals surface area contributed by atoms with E-state index in [1.165, 1.54) is 0 Å². The fraction of sp³-hybridized carbons (Fsp3) is 0.733. The normalized spacial score (nSPS) is 40.6. The number of aliphatic hydroxyl groups is 1. The van der Waals surface area contributed by atoms with Gasteiger partial charge in [-0.15, -0.1) is 0 Å². The molecule has 5 aliphatic rings. The number of ether oxygens (including phenoxy) is 3. The SMILES string of the molecule is CCCC1OC2CC3C4CCC5=CC(=O)C=CC5(C)C4C(O)CC3(C)C2(C(=O)COCNC(=O)CNC(=O)CN)O1. The van der Waals surface area contributed by atoms with Crippen molar-refractivity contribution < 1.29 is 38.5 Å². The van der Waals surface area contributed by atoms with E-state index in [0.717, 1.165) is 24.8 Å². The van der Waals surface area contributed by atoms with Gasteiger partial charge in [0, 0.05) is 16.7 Å². The Labute approximate surface area is 240 Å². The van der Waals surface area contributed by atoms with Crippen molar-refractivity contribution in [2.75, 3.05) is 26.4 Å². The summed E-state index contributed by atoms with van der Waals surface area (Å²) in [4.78, 5) is 49.5. The highest BCUT2D eigenvalue weighted by Gasteiger charge is 2.75. The fourth-order valence-electron chi connectivity index (χ4n) is 8.70. The lowest BCUT2D eigenvalue weighted by Crippen LogP contribution is -2.63. The Kier molecular flexibility index (Phi) is 8.30. The number of hydrogen-bond donors (Lipinski definition) is 4. The highest BCUT2D eigenvalue weighted by molar-refractivity contribution is 6.01. The summed E-state index contributed by atoms with van der Waals surface area (Å²) in [5, 5.41) is 16.7. The number of ketones is 2. The number of allylic oxidation sites excluding steroid dienone is 4. The van der Waals surface area contributed by atoms with Crippen LogP contribution in [0.15, 0.2) is 23.8 Å². The molecule has 41 heavy (non-hydrogen) atoms. The summed E-state index contributed by atoms with van der Waals surface area (Å²) >= 11 is 0. The number of fused-ring (bicyclic) bond motifs is 7. The van der Waals surface area contributed by atoms with Crippen molar-refractivity contribution in [1.82, 2.24) is 10.6 Å². The largest absolute Gasteiger partial charge is 0.393 e. The number of Topliss-reactive ketones (excluding diaryl/α,β-unsaturated/α-hetero) is 1. The van der Waals surface area contributed by atoms with E-state index in [1.54, 1.807) is 12.2 Å². The van der Waals surface area contributed by atoms with Gasteiger partial charge in [-0.3, -0.25) is 19.2 Å². The summed E-state index contributed by atoms with van der Waals surface area (Å²) in [7, 11) is 0. The molecular weight excluding hydrogens is 530 g/mol. The molecule has 3 saturated carbocycles. The highest BCUT2D eigenvalue weighted by atomic mass is 16.7. The van der Waals surface area contributed by atoms with Crippen LogP contribution in [0.2, 0.25) is 0 Å². The predicted molar refractivity (Wildman–Crippen MR) is 147 cm³/mol. The number of nitrogens with two attached hydrogens (primary N) is 1. The molecule has 9 atom stereocenters. The predicted octanol–water partition coefficient (Wildman–Crippen LogP) is 0.890. The van der Waals surface area contributed by atoms with Gasteiger partial charge in [-0.25, -0.2) is 0 Å². The topological polar surface area (TPSA) is 166 Å². The number of aliphatic hydroxyl groups excluding tert-OH is 1. The monoisotopic (exact) mass is 573 g/mol. The summed E-state index contributed by atoms with van der Waals surface area (Å²) in [6, 6.07) is 0. The van der Waals surface area contributed by atoms with Gasteiger partial charge < -0.3 is 35.7 Å². The van der Waals surface area contributed by atoms with Crippen molar-refractivity contribution in [3.05, 3.63) is 23.8 Å². The Hall–Kier alpha value is -2.44. The lowest BCUT2D eigenvalue weighted by atomic mass is 9.46. The van der Waals surface area contributed by atoms with E-state index in [1.807, 2.05) is 13.0 Å². The van der Waals surface area contributed by atoms with E-state index in [4.69, 9.17) is 19.9 Å². The summed E-state index contributed by atoms with van der Waals surface area (Å²) in [6.45, 7) is 5.25. The molecule has 11 heteroatoms. The van der Waals surface area contributed by atoms with Crippen LogP contribution in [0.25, 0.3) is 0 Å². The number of carbonyl (C=O) groups excluding carboxylic acids is 4. The average Bonchev–Trinajstić information content (AvgIpc) is 3.42. The molecule has 1 saturated heterocycles. The maximum absolute atomic E-state index is 14.1. The second-order valence-corrected chi connectivity index (χ2v) is 12.6. The van der Waals surface area contributed by atoms with Gasteiger partial charge in [-0.1, -0.05) is 38.8 Å². The van der Waals surface area contributed by atoms with E-state index in [9.17, 15) is 24.3 Å². The standard InChI is InChI=1S/C30H43N3O8/c1-4-5-26-40-23-11-20-19-7-6-17-10-18(34)8-9-28(17,2)27(19)21(35)12-29(20,3)30(23,41-26)22(36)15-39-16-33-25(38)14-32-24(37)13-31/h8-10,19-21,23,26-27,35H,4-7,11-16,31H2,1-3H3,(H,32,37)(H,33,38). The van der Waals surface area contributed by atoms with Crippen molar-refractivity contribution in [2.45, 2.75) is 83.4 Å². The van der Waals surface area contributed by atoms with Gasteiger partial charge in [-0.2, -0.15) is 0 Å². The molecule has 0 radical (unpaired) electrons. The van der Waals surface area contributed by atoms with E-state index < -0.39 is 46.7 Å². The summed E-state index contributed by atoms with van der Waals surface area (Å²) in [6.07, 6.45) is 7.72. The Morgan fingerprint density at radius 1 is 1.22 bits per heavy atom. The lowest BCUT2D eigenvalue weighted by Gasteiger charge is -2.59. The van der Waals surface area contributed by atoms with Crippen LogP contribution in [0.1, 0.15) is 59.3 Å². The Morgan fingerprint density at radius 3 is 2.73 bits per heavy atom. The molecule has 9 unspecified atom stereocenters. The summed E-state index contributed by atoms with van der Waals surface area (Å²) in [5.74, 6) is -1.06. The minimum Gasteiger partial charge on any atom is -0.393 e. The first-order valence-corrected chi connectivity index (χ1v) is 14.8. The number of carbonyl (C=O) groups is 4. The van der Waals surface area contributed by atoms with Gasteiger partial charge in [-0.05, 0) is 56.1 Å². The van der Waals surface area contributed by atoms with E-state index >= 15 is 0 Å². The van der Waals surface area contributed by atoms with Crippen LogP contribution in [0, 0.1) is 28.6 Å². The highest BCUT2D eigenvalue weighted by Crippen LogP contribution is 2.69. The number of amides is 2. The van der Waals surface area contributed by atoms with Crippen LogP contribution < -0.4 is 16.4 Å². The van der Waals surface area contributed by atoms with Gasteiger partial charge in [0.15, 0.2) is 23.5 Å². The third kappa shape index (κ3) is 4.89. The van der Waals surface area contributed by atoms with E-state index in [-0.39, 0.29) is 55.7 Å². The van der Waals surface area contributed by atoms with Crippen LogP contribution in [0.5, 0.6) is 0 Å². The quantitative estimate of drug-likeness (QED) is 0.219. The van der Waals surface area contributed by atoms with Crippen molar-refractivity contribution in [1.29, 1.82) is 0 Å². The van der Waals surface area contributed by atoms with E-state index in [2.05, 4.69) is 24.5 Å². The van der Waals surface area contributed by atoms with Crippen molar-refractivity contribution >= 4 is 23.4 Å². The zero-order valence-electron chi connectivity index (χ0n) is 24.1. The molecule has 0 aromatic rings. The van der Waals surface area contributed by atoms with Gasteiger partial charge in [0.1, 0.15) is 13.3 Å². The lowest BCUT2D eigenvalue weighted by molar-refractivity contribution is -0.201. The van der Waals surface area contributed by atoms with Crippen LogP contribution >= 0.6 is 0 Å². The first-order chi connectivity index (χ1) is 19.5. The van der Waals surface area contributed by atoms with E-state index in [0.29, 0.717) is 19.3 Å². The zero-order valence-corrected chi connectivity index (χ0v) is 24.1. The van der Waals surface area contributed by atoms with Crippen molar-refractivity contribution in [3.8, 4) is 0 Å². The molecule has 0 aromatic heterocycles. The number of hydrogen-bond acceptors (Lipinski definition) is 9. The first kappa shape index (κ1) is 30.0. The van der Waals surface area contributed by atoms with Crippen LogP contribution in [0.3, 0.4) is 0 Å². The second kappa shape index (κ2) is 11.3. The molecule has 4 fully saturated rings. The van der Waals surface area contributed by atoms with Gasteiger partial charge in [0.2, 0.25) is 11.8 Å². The molecule has 11 nitrogen and oxygen atoms in total. The fourth-order valence-corrected chi connectivity index (χ4v) is 8.70. The minimum absolute atomic E-state index is 0.00808. The third-order valence-corrected chi connectivity index (χ3v) is 10.5. The Bertz CT molecular complexity index is 1150. The van der Waals surface area contributed by atoms with Gasteiger partial charge in [0.05, 0.1) is 25.3 Å². The maximum atomic E-state index is 14.1. The Balaban J connectivity index is 1.35. The van der Waals surface area contributed by atoms with Crippen LogP contribution in [-0.2, 0) is 33.4 Å². The second-order valence-electron chi connectivity index (χ2n) is 12.6. The smallest absolute Gasteiger partial charge is 0.241 e. The molecule has 226 valence electrons. The minimum atomic E-state index is -1.28. The third-order valence-electron chi connectivity index (χ3n) is 10.5. The first-order valence-electron chi connectivity index (χ1n) is 14.8. The van der Waals surface area contributed by atoms with Gasteiger partial charge in [0.25, 0.3) is 0 Å². The van der Waals surface area contributed by atoms with Crippen LogP contribution in [-0.4, -0.2) is 79.0 Å². The van der Waals surface area contributed by atoms with Crippen molar-refractivity contribution in [3.63, 3.8) is 0 Å². The van der Waals surface area contributed by atoms with Crippen molar-refractivity contribution in [2.24, 2.45) is 34.3 Å². The molecule has 5 rings (SSSR count). The molecule has 0 bridgehead atoms.